The summed E-state index contributed by atoms with van der Waals surface area (Å²) in [6.45, 7) is 1.46. The van der Waals surface area contributed by atoms with Crippen molar-refractivity contribution in [1.82, 2.24) is 10.2 Å². The lowest BCUT2D eigenvalue weighted by molar-refractivity contribution is -0.128. The molecule has 0 rings (SSSR count). The molecule has 0 aliphatic carbocycles. The summed E-state index contributed by atoms with van der Waals surface area (Å²) in [5.41, 5.74) is 5.11. The first-order chi connectivity index (χ1) is 6.07. The van der Waals surface area contributed by atoms with E-state index >= 15 is 0 Å². The number of rotatable bonds is 6. The van der Waals surface area contributed by atoms with Crippen LogP contribution in [0.1, 0.15) is 6.42 Å². The number of amides is 1. The number of hydrogen-bond acceptors (Lipinski definition) is 4. The highest BCUT2D eigenvalue weighted by Gasteiger charge is 2.10. The molecule has 0 aromatic carbocycles. The first-order valence-corrected chi connectivity index (χ1v) is 4.38. The van der Waals surface area contributed by atoms with Gasteiger partial charge in [0, 0.05) is 13.1 Å². The van der Waals surface area contributed by atoms with Crippen molar-refractivity contribution >= 4 is 5.91 Å². The van der Waals surface area contributed by atoms with E-state index in [-0.39, 0.29) is 12.5 Å². The Morgan fingerprint density at radius 1 is 1.62 bits per heavy atom. The van der Waals surface area contributed by atoms with Gasteiger partial charge in [0.25, 0.3) is 0 Å². The molecule has 1 unspecified atom stereocenters. The minimum Gasteiger partial charge on any atom is -0.382 e. The second kappa shape index (κ2) is 6.82. The van der Waals surface area contributed by atoms with Crippen molar-refractivity contribution in [3.63, 3.8) is 0 Å². The Morgan fingerprint density at radius 2 is 2.23 bits per heavy atom. The lowest BCUT2D eigenvalue weighted by atomic mass is 10.3. The zero-order valence-electron chi connectivity index (χ0n) is 8.29. The fourth-order valence-electron chi connectivity index (χ4n) is 0.832. The molecular formula is C8H19N3O2. The predicted molar refractivity (Wildman–Crippen MR) is 51.2 cm³/mol. The van der Waals surface area contributed by atoms with Crippen LogP contribution in [0.3, 0.4) is 0 Å². The molecule has 0 bridgehead atoms. The van der Waals surface area contributed by atoms with Crippen molar-refractivity contribution in [2.45, 2.75) is 12.5 Å². The molecule has 0 saturated heterocycles. The number of carbonyl (C=O) groups is 1. The molecule has 0 aliphatic heterocycles. The third kappa shape index (κ3) is 6.51. The van der Waals surface area contributed by atoms with Crippen molar-refractivity contribution in [3.8, 4) is 0 Å². The molecule has 13 heavy (non-hydrogen) atoms. The Balaban J connectivity index is 3.37. The van der Waals surface area contributed by atoms with Crippen molar-refractivity contribution < 1.29 is 9.90 Å². The van der Waals surface area contributed by atoms with E-state index in [4.69, 9.17) is 10.8 Å². The molecule has 4 N–H and O–H groups in total. The molecule has 1 atom stereocenters. The molecule has 78 valence electrons. The standard InChI is InChI=1S/C8H19N3O2/c1-11(2)5-3-4-10-8(13)7(12)6-9/h7,12H,3-6,9H2,1-2H3,(H,10,13). The van der Waals surface area contributed by atoms with Gasteiger partial charge in [0.05, 0.1) is 0 Å². The van der Waals surface area contributed by atoms with E-state index in [1.807, 2.05) is 19.0 Å². The third-order valence-corrected chi connectivity index (χ3v) is 1.61. The molecule has 0 fully saturated rings. The number of nitrogens with one attached hydrogen (secondary N) is 1. The summed E-state index contributed by atoms with van der Waals surface area (Å²) in [6, 6.07) is 0. The van der Waals surface area contributed by atoms with Crippen LogP contribution in [0.15, 0.2) is 0 Å². The summed E-state index contributed by atoms with van der Waals surface area (Å²) in [4.78, 5) is 13.0. The van der Waals surface area contributed by atoms with Crippen LogP contribution in [0.25, 0.3) is 0 Å². The highest BCUT2D eigenvalue weighted by Crippen LogP contribution is 1.83. The molecule has 0 aromatic rings. The summed E-state index contributed by atoms with van der Waals surface area (Å²) in [5.74, 6) is -0.388. The normalized spacial score (nSPS) is 13.0. The maximum atomic E-state index is 11.0. The maximum absolute atomic E-state index is 11.0. The van der Waals surface area contributed by atoms with Gasteiger partial charge in [-0.15, -0.1) is 0 Å². The molecule has 0 saturated carbocycles. The van der Waals surface area contributed by atoms with E-state index < -0.39 is 6.10 Å². The fraction of sp³-hybridized carbons (Fsp3) is 0.875. The molecule has 0 aromatic heterocycles. The van der Waals surface area contributed by atoms with Crippen molar-refractivity contribution in [1.29, 1.82) is 0 Å². The van der Waals surface area contributed by atoms with E-state index in [0.29, 0.717) is 6.54 Å². The van der Waals surface area contributed by atoms with Crippen LogP contribution in [0.5, 0.6) is 0 Å². The number of aliphatic hydroxyl groups excluding tert-OH is 1. The number of carbonyl (C=O) groups excluding carboxylic acids is 1. The molecule has 0 radical (unpaired) electrons. The zero-order valence-corrected chi connectivity index (χ0v) is 8.29. The van der Waals surface area contributed by atoms with E-state index in [0.717, 1.165) is 13.0 Å². The Hall–Kier alpha value is -0.650. The molecule has 0 heterocycles. The first-order valence-electron chi connectivity index (χ1n) is 4.38. The average Bonchev–Trinajstić information content (AvgIpc) is 2.10. The van der Waals surface area contributed by atoms with Gasteiger partial charge >= 0.3 is 0 Å². The Bertz CT molecular complexity index is 150. The van der Waals surface area contributed by atoms with Gasteiger partial charge < -0.3 is 21.1 Å². The second-order valence-corrected chi connectivity index (χ2v) is 3.20. The summed E-state index contributed by atoms with van der Waals surface area (Å²) in [5, 5.41) is 11.6. The third-order valence-electron chi connectivity index (χ3n) is 1.61. The molecule has 0 spiro atoms. The maximum Gasteiger partial charge on any atom is 0.250 e. The number of nitrogens with two attached hydrogens (primary N) is 1. The van der Waals surface area contributed by atoms with Crippen molar-refractivity contribution in [3.05, 3.63) is 0 Å². The quantitative estimate of drug-likeness (QED) is 0.439. The van der Waals surface area contributed by atoms with Crippen LogP contribution in [-0.2, 0) is 4.79 Å². The van der Waals surface area contributed by atoms with Crippen LogP contribution in [0.2, 0.25) is 0 Å². The second-order valence-electron chi connectivity index (χ2n) is 3.20. The molecule has 5 nitrogen and oxygen atoms in total. The minimum atomic E-state index is -1.07. The molecule has 1 amide bonds. The van der Waals surface area contributed by atoms with E-state index in [1.54, 1.807) is 0 Å². The molecular weight excluding hydrogens is 170 g/mol. The van der Waals surface area contributed by atoms with E-state index in [1.165, 1.54) is 0 Å². The highest BCUT2D eigenvalue weighted by molar-refractivity contribution is 5.80. The van der Waals surface area contributed by atoms with Gasteiger partial charge in [-0.2, -0.15) is 0 Å². The Morgan fingerprint density at radius 3 is 2.69 bits per heavy atom. The Labute approximate surface area is 78.9 Å². The summed E-state index contributed by atoms with van der Waals surface area (Å²) in [6.07, 6.45) is -0.199. The number of hydrogen-bond donors (Lipinski definition) is 3. The molecule has 5 heteroatoms. The van der Waals surface area contributed by atoms with Gasteiger partial charge in [-0.3, -0.25) is 4.79 Å². The fourth-order valence-corrected chi connectivity index (χ4v) is 0.832. The van der Waals surface area contributed by atoms with Gasteiger partial charge in [0.15, 0.2) is 0 Å². The van der Waals surface area contributed by atoms with Crippen molar-refractivity contribution in [2.75, 3.05) is 33.7 Å². The van der Waals surface area contributed by atoms with Gasteiger partial charge in [-0.25, -0.2) is 0 Å². The summed E-state index contributed by atoms with van der Waals surface area (Å²) >= 11 is 0. The topological polar surface area (TPSA) is 78.6 Å². The van der Waals surface area contributed by atoms with Crippen LogP contribution >= 0.6 is 0 Å². The lowest BCUT2D eigenvalue weighted by Gasteiger charge is -2.11. The van der Waals surface area contributed by atoms with Crippen LogP contribution in [0, 0.1) is 0 Å². The average molecular weight is 189 g/mol. The summed E-state index contributed by atoms with van der Waals surface area (Å²) < 4.78 is 0. The van der Waals surface area contributed by atoms with E-state index in [2.05, 4.69) is 5.32 Å². The summed E-state index contributed by atoms with van der Waals surface area (Å²) in [7, 11) is 3.94. The van der Waals surface area contributed by atoms with Crippen LogP contribution in [0.4, 0.5) is 0 Å². The van der Waals surface area contributed by atoms with Gasteiger partial charge in [-0.1, -0.05) is 0 Å². The minimum absolute atomic E-state index is 0.0283. The molecule has 0 aliphatic rings. The van der Waals surface area contributed by atoms with Gasteiger partial charge in [0.1, 0.15) is 6.10 Å². The smallest absolute Gasteiger partial charge is 0.250 e. The lowest BCUT2D eigenvalue weighted by Crippen LogP contribution is -2.40. The van der Waals surface area contributed by atoms with E-state index in [9.17, 15) is 4.79 Å². The van der Waals surface area contributed by atoms with Gasteiger partial charge in [0.2, 0.25) is 5.91 Å². The Kier molecular flexibility index (Phi) is 6.48. The SMILES string of the molecule is CN(C)CCCNC(=O)C(O)CN. The van der Waals surface area contributed by atoms with Gasteiger partial charge in [-0.05, 0) is 27.1 Å². The predicted octanol–water partition coefficient (Wildman–Crippen LogP) is -1.63. The van der Waals surface area contributed by atoms with Crippen LogP contribution in [-0.4, -0.2) is 55.7 Å². The largest absolute Gasteiger partial charge is 0.382 e. The van der Waals surface area contributed by atoms with Crippen LogP contribution < -0.4 is 11.1 Å². The highest BCUT2D eigenvalue weighted by atomic mass is 16.3. The first kappa shape index (κ1) is 12.3. The van der Waals surface area contributed by atoms with Crippen molar-refractivity contribution in [2.24, 2.45) is 5.73 Å². The zero-order chi connectivity index (χ0) is 10.3. The number of aliphatic hydroxyl groups is 1. The monoisotopic (exact) mass is 189 g/mol. The number of nitrogens with zero attached hydrogens (tertiary/aromatic N) is 1.